The molecule has 1 saturated carbocycles. The first-order valence-electron chi connectivity index (χ1n) is 8.46. The van der Waals surface area contributed by atoms with Crippen molar-refractivity contribution in [3.8, 4) is 0 Å². The van der Waals surface area contributed by atoms with Gasteiger partial charge in [0.15, 0.2) is 0 Å². The molecule has 124 valence electrons. The summed E-state index contributed by atoms with van der Waals surface area (Å²) in [5.41, 5.74) is 0.371. The van der Waals surface area contributed by atoms with Gasteiger partial charge in [0.1, 0.15) is 5.82 Å². The highest BCUT2D eigenvalue weighted by atomic mass is 19.1. The fourth-order valence-corrected chi connectivity index (χ4v) is 3.55. The third kappa shape index (κ3) is 3.89. The van der Waals surface area contributed by atoms with Crippen LogP contribution in [0.1, 0.15) is 42.5 Å². The first-order valence-corrected chi connectivity index (χ1v) is 8.46. The Hall–Kier alpha value is -1.91. The normalized spacial score (nSPS) is 19.2. The van der Waals surface area contributed by atoms with Gasteiger partial charge in [0.2, 0.25) is 5.91 Å². The van der Waals surface area contributed by atoms with Gasteiger partial charge in [-0.3, -0.25) is 9.59 Å². The maximum Gasteiger partial charge on any atom is 0.254 e. The average molecular weight is 318 g/mol. The van der Waals surface area contributed by atoms with Crippen LogP contribution in [0.2, 0.25) is 0 Å². The lowest BCUT2D eigenvalue weighted by Crippen LogP contribution is -2.50. The Morgan fingerprint density at radius 3 is 2.35 bits per heavy atom. The Morgan fingerprint density at radius 1 is 1.04 bits per heavy atom. The molecule has 0 aromatic heterocycles. The van der Waals surface area contributed by atoms with Gasteiger partial charge in [-0.1, -0.05) is 18.9 Å². The number of hydrogen-bond acceptors (Lipinski definition) is 2. The molecule has 1 aromatic carbocycles. The molecule has 0 atom stereocenters. The zero-order valence-electron chi connectivity index (χ0n) is 13.3. The molecule has 5 heteroatoms. The number of nitrogens with zero attached hydrogens (tertiary/aromatic N) is 2. The van der Waals surface area contributed by atoms with Crippen LogP contribution in [-0.4, -0.2) is 47.8 Å². The highest BCUT2D eigenvalue weighted by molar-refractivity contribution is 5.94. The number of piperazine rings is 1. The van der Waals surface area contributed by atoms with Crippen molar-refractivity contribution in [3.05, 3.63) is 35.6 Å². The van der Waals surface area contributed by atoms with Gasteiger partial charge in [-0.2, -0.15) is 0 Å². The van der Waals surface area contributed by atoms with Crippen molar-refractivity contribution in [3.63, 3.8) is 0 Å². The van der Waals surface area contributed by atoms with Crippen molar-refractivity contribution in [2.75, 3.05) is 26.2 Å². The Kier molecular flexibility index (Phi) is 4.94. The van der Waals surface area contributed by atoms with Crippen LogP contribution in [-0.2, 0) is 4.79 Å². The number of benzene rings is 1. The molecule has 2 aliphatic rings. The second-order valence-corrected chi connectivity index (χ2v) is 6.54. The third-order valence-electron chi connectivity index (χ3n) is 4.93. The van der Waals surface area contributed by atoms with Crippen molar-refractivity contribution in [2.45, 2.75) is 32.1 Å². The zero-order valence-corrected chi connectivity index (χ0v) is 13.3. The molecule has 1 saturated heterocycles. The van der Waals surface area contributed by atoms with Gasteiger partial charge in [-0.05, 0) is 37.0 Å². The summed E-state index contributed by atoms with van der Waals surface area (Å²) in [6.45, 7) is 2.19. The van der Waals surface area contributed by atoms with E-state index in [1.54, 1.807) is 17.0 Å². The average Bonchev–Trinajstić information content (AvgIpc) is 3.07. The van der Waals surface area contributed by atoms with Crippen LogP contribution in [0, 0.1) is 11.7 Å². The van der Waals surface area contributed by atoms with E-state index >= 15 is 0 Å². The van der Waals surface area contributed by atoms with Crippen LogP contribution in [0.3, 0.4) is 0 Å². The van der Waals surface area contributed by atoms with Crippen LogP contribution < -0.4 is 0 Å². The minimum atomic E-state index is -0.402. The molecule has 0 N–H and O–H groups in total. The topological polar surface area (TPSA) is 40.6 Å². The monoisotopic (exact) mass is 318 g/mol. The van der Waals surface area contributed by atoms with E-state index in [0.717, 1.165) is 0 Å². The zero-order chi connectivity index (χ0) is 16.2. The lowest BCUT2D eigenvalue weighted by Gasteiger charge is -2.35. The molecule has 2 fully saturated rings. The Balaban J connectivity index is 1.51. The third-order valence-corrected chi connectivity index (χ3v) is 4.93. The maximum absolute atomic E-state index is 13.2. The minimum Gasteiger partial charge on any atom is -0.339 e. The predicted molar refractivity (Wildman–Crippen MR) is 85.5 cm³/mol. The van der Waals surface area contributed by atoms with E-state index in [-0.39, 0.29) is 11.8 Å². The molecule has 0 spiro atoms. The number of hydrogen-bond donors (Lipinski definition) is 0. The van der Waals surface area contributed by atoms with Gasteiger partial charge < -0.3 is 9.80 Å². The molecule has 23 heavy (non-hydrogen) atoms. The van der Waals surface area contributed by atoms with Gasteiger partial charge >= 0.3 is 0 Å². The van der Waals surface area contributed by atoms with Crippen molar-refractivity contribution in [2.24, 2.45) is 5.92 Å². The molecule has 4 nitrogen and oxygen atoms in total. The summed E-state index contributed by atoms with van der Waals surface area (Å²) in [5, 5.41) is 0. The number of rotatable bonds is 3. The van der Waals surface area contributed by atoms with Crippen LogP contribution in [0.5, 0.6) is 0 Å². The molecule has 1 aliphatic carbocycles. The standard InChI is InChI=1S/C18H23FN2O2/c19-16-7-3-6-15(13-16)18(23)21-10-8-20(9-11-21)17(22)12-14-4-1-2-5-14/h3,6-7,13-14H,1-2,4-5,8-12H2. The van der Waals surface area contributed by atoms with E-state index in [4.69, 9.17) is 0 Å². The van der Waals surface area contributed by atoms with E-state index in [1.807, 2.05) is 4.90 Å². The minimum absolute atomic E-state index is 0.160. The Labute approximate surface area is 136 Å². The summed E-state index contributed by atoms with van der Waals surface area (Å²) in [6.07, 6.45) is 5.48. The number of carbonyl (C=O) groups is 2. The second-order valence-electron chi connectivity index (χ2n) is 6.54. The van der Waals surface area contributed by atoms with E-state index in [9.17, 15) is 14.0 Å². The second kappa shape index (κ2) is 7.11. The van der Waals surface area contributed by atoms with Gasteiger partial charge in [-0.25, -0.2) is 4.39 Å². The summed E-state index contributed by atoms with van der Waals surface area (Å²) in [4.78, 5) is 28.3. The lowest BCUT2D eigenvalue weighted by atomic mass is 10.0. The summed E-state index contributed by atoms with van der Waals surface area (Å²) < 4.78 is 13.2. The predicted octanol–water partition coefficient (Wildman–Crippen LogP) is 2.69. The highest BCUT2D eigenvalue weighted by Crippen LogP contribution is 2.28. The molecule has 0 unspecified atom stereocenters. The van der Waals surface area contributed by atoms with E-state index in [2.05, 4.69) is 0 Å². The van der Waals surface area contributed by atoms with E-state index in [0.29, 0.717) is 44.1 Å². The van der Waals surface area contributed by atoms with Crippen LogP contribution in [0.25, 0.3) is 0 Å². The SMILES string of the molecule is O=C(CC1CCCC1)N1CCN(C(=O)c2cccc(F)c2)CC1. The quantitative estimate of drug-likeness (QED) is 0.860. The summed E-state index contributed by atoms with van der Waals surface area (Å²) in [5.74, 6) is 0.206. The number of carbonyl (C=O) groups excluding carboxylic acids is 2. The molecule has 1 aromatic rings. The van der Waals surface area contributed by atoms with Crippen LogP contribution in [0.15, 0.2) is 24.3 Å². The fourth-order valence-electron chi connectivity index (χ4n) is 3.55. The molecular weight excluding hydrogens is 295 g/mol. The summed E-state index contributed by atoms with van der Waals surface area (Å²) in [7, 11) is 0. The molecule has 2 amide bonds. The smallest absolute Gasteiger partial charge is 0.254 e. The van der Waals surface area contributed by atoms with Gasteiger partial charge in [-0.15, -0.1) is 0 Å². The van der Waals surface area contributed by atoms with E-state index in [1.165, 1.54) is 37.8 Å². The van der Waals surface area contributed by atoms with Crippen molar-refractivity contribution >= 4 is 11.8 Å². The van der Waals surface area contributed by atoms with Crippen molar-refractivity contribution in [1.82, 2.24) is 9.80 Å². The highest BCUT2D eigenvalue weighted by Gasteiger charge is 2.27. The Bertz CT molecular complexity index is 576. The molecule has 0 radical (unpaired) electrons. The maximum atomic E-state index is 13.2. The summed E-state index contributed by atoms with van der Waals surface area (Å²) in [6, 6.07) is 5.77. The van der Waals surface area contributed by atoms with Crippen LogP contribution >= 0.6 is 0 Å². The van der Waals surface area contributed by atoms with E-state index < -0.39 is 5.82 Å². The molecule has 1 heterocycles. The van der Waals surface area contributed by atoms with Gasteiger partial charge in [0.05, 0.1) is 0 Å². The largest absolute Gasteiger partial charge is 0.339 e. The first kappa shape index (κ1) is 16.0. The molecular formula is C18H23FN2O2. The molecule has 1 aliphatic heterocycles. The molecule has 3 rings (SSSR count). The van der Waals surface area contributed by atoms with Crippen LogP contribution in [0.4, 0.5) is 4.39 Å². The van der Waals surface area contributed by atoms with Crippen molar-refractivity contribution in [1.29, 1.82) is 0 Å². The lowest BCUT2D eigenvalue weighted by molar-refractivity contribution is -0.133. The summed E-state index contributed by atoms with van der Waals surface area (Å²) >= 11 is 0. The fraction of sp³-hybridized carbons (Fsp3) is 0.556. The number of halogens is 1. The Morgan fingerprint density at radius 2 is 1.70 bits per heavy atom. The van der Waals surface area contributed by atoms with Gasteiger partial charge in [0, 0.05) is 38.2 Å². The van der Waals surface area contributed by atoms with Crippen molar-refractivity contribution < 1.29 is 14.0 Å². The van der Waals surface area contributed by atoms with Gasteiger partial charge in [0.25, 0.3) is 5.91 Å². The first-order chi connectivity index (χ1) is 11.1. The number of amides is 2. The molecule has 0 bridgehead atoms.